The van der Waals surface area contributed by atoms with Gasteiger partial charge in [-0.2, -0.15) is 0 Å². The minimum absolute atomic E-state index is 0.0594. The van der Waals surface area contributed by atoms with E-state index in [1.807, 2.05) is 30.3 Å². The summed E-state index contributed by atoms with van der Waals surface area (Å²) in [4.78, 5) is 10.2. The Morgan fingerprint density at radius 3 is 2.35 bits per heavy atom. The van der Waals surface area contributed by atoms with E-state index in [0.717, 1.165) is 11.3 Å². The molecule has 0 unspecified atom stereocenters. The smallest absolute Gasteiger partial charge is 0.258 e. The molecule has 0 saturated carbocycles. The molecule has 20 heavy (non-hydrogen) atoms. The third kappa shape index (κ3) is 2.26. The molecule has 3 rings (SSSR count). The summed E-state index contributed by atoms with van der Waals surface area (Å²) >= 11 is 0. The van der Waals surface area contributed by atoms with E-state index in [0.29, 0.717) is 5.69 Å². The zero-order valence-corrected chi connectivity index (χ0v) is 10.4. The van der Waals surface area contributed by atoms with Crippen LogP contribution in [0.3, 0.4) is 0 Å². The van der Waals surface area contributed by atoms with Crippen LogP contribution < -0.4 is 0 Å². The second-order valence-corrected chi connectivity index (χ2v) is 4.19. The summed E-state index contributed by atoms with van der Waals surface area (Å²) in [6.07, 6.45) is 1.79. The van der Waals surface area contributed by atoms with E-state index >= 15 is 0 Å². The maximum Gasteiger partial charge on any atom is 0.269 e. The van der Waals surface area contributed by atoms with Gasteiger partial charge in [-0.3, -0.25) is 10.1 Å². The topological polar surface area (TPSA) is 73.8 Å². The summed E-state index contributed by atoms with van der Waals surface area (Å²) in [5, 5.41) is 18.7. The van der Waals surface area contributed by atoms with Crippen LogP contribution in [0, 0.1) is 10.1 Å². The molecule has 0 atom stereocenters. The Bertz CT molecular complexity index is 735. The number of non-ortho nitro benzene ring substituents is 1. The maximum atomic E-state index is 10.6. The van der Waals surface area contributed by atoms with E-state index in [9.17, 15) is 10.1 Å². The number of hydrogen-bond acceptors (Lipinski definition) is 4. The van der Waals surface area contributed by atoms with Crippen molar-refractivity contribution in [3.63, 3.8) is 0 Å². The van der Waals surface area contributed by atoms with Crippen LogP contribution in [-0.2, 0) is 0 Å². The maximum absolute atomic E-state index is 10.6. The molecule has 0 aliphatic carbocycles. The number of nitrogens with zero attached hydrogens (tertiary/aromatic N) is 4. The molecule has 6 nitrogen and oxygen atoms in total. The van der Waals surface area contributed by atoms with Gasteiger partial charge in [0.1, 0.15) is 5.69 Å². The van der Waals surface area contributed by atoms with E-state index in [4.69, 9.17) is 0 Å². The summed E-state index contributed by atoms with van der Waals surface area (Å²) in [7, 11) is 0. The highest BCUT2D eigenvalue weighted by Gasteiger charge is 2.08. The quantitative estimate of drug-likeness (QED) is 0.539. The number of aromatic nitrogens is 3. The molecular weight excluding hydrogens is 256 g/mol. The Kier molecular flexibility index (Phi) is 2.96. The van der Waals surface area contributed by atoms with E-state index in [-0.39, 0.29) is 5.69 Å². The molecule has 0 bridgehead atoms. The molecule has 6 heteroatoms. The molecule has 0 spiro atoms. The van der Waals surface area contributed by atoms with Gasteiger partial charge in [0.15, 0.2) is 0 Å². The average Bonchev–Trinajstić information content (AvgIpc) is 2.98. The van der Waals surface area contributed by atoms with Crippen LogP contribution in [0.4, 0.5) is 5.69 Å². The fourth-order valence-corrected chi connectivity index (χ4v) is 1.86. The van der Waals surface area contributed by atoms with Crippen molar-refractivity contribution in [1.29, 1.82) is 0 Å². The van der Waals surface area contributed by atoms with Gasteiger partial charge in [-0.05, 0) is 24.3 Å². The summed E-state index contributed by atoms with van der Waals surface area (Å²) in [5.74, 6) is 0. The highest BCUT2D eigenvalue weighted by Crippen LogP contribution is 2.20. The van der Waals surface area contributed by atoms with Gasteiger partial charge in [-0.25, -0.2) is 4.68 Å². The van der Waals surface area contributed by atoms with Crippen LogP contribution >= 0.6 is 0 Å². The van der Waals surface area contributed by atoms with Gasteiger partial charge in [-0.15, -0.1) is 5.10 Å². The summed E-state index contributed by atoms with van der Waals surface area (Å²) in [5.41, 5.74) is 2.43. The van der Waals surface area contributed by atoms with Crippen molar-refractivity contribution in [2.75, 3.05) is 0 Å². The van der Waals surface area contributed by atoms with Gasteiger partial charge >= 0.3 is 0 Å². The SMILES string of the molecule is O=[N+]([O-])c1ccc(-c2cn(-c3ccccc3)nn2)cc1. The van der Waals surface area contributed by atoms with Crippen LogP contribution in [0.2, 0.25) is 0 Å². The first-order valence-corrected chi connectivity index (χ1v) is 5.96. The van der Waals surface area contributed by atoms with Crippen molar-refractivity contribution in [3.8, 4) is 16.9 Å². The number of hydrogen-bond donors (Lipinski definition) is 0. The Morgan fingerprint density at radius 2 is 1.70 bits per heavy atom. The monoisotopic (exact) mass is 266 g/mol. The molecule has 0 saturated heterocycles. The van der Waals surface area contributed by atoms with Gasteiger partial charge in [0.2, 0.25) is 0 Å². The number of para-hydroxylation sites is 1. The molecule has 0 amide bonds. The summed E-state index contributed by atoms with van der Waals surface area (Å²) in [6.45, 7) is 0. The molecule has 2 aromatic carbocycles. The summed E-state index contributed by atoms with van der Waals surface area (Å²) < 4.78 is 1.66. The fourth-order valence-electron chi connectivity index (χ4n) is 1.86. The number of rotatable bonds is 3. The van der Waals surface area contributed by atoms with Crippen molar-refractivity contribution in [3.05, 3.63) is 70.9 Å². The van der Waals surface area contributed by atoms with Crippen molar-refractivity contribution in [2.24, 2.45) is 0 Å². The molecule has 0 aliphatic rings. The van der Waals surface area contributed by atoms with Crippen LogP contribution in [0.25, 0.3) is 16.9 Å². The Balaban J connectivity index is 1.92. The van der Waals surface area contributed by atoms with E-state index in [1.54, 1.807) is 23.0 Å². The largest absolute Gasteiger partial charge is 0.269 e. The Hall–Kier alpha value is -3.02. The average molecular weight is 266 g/mol. The molecule has 0 N–H and O–H groups in total. The second kappa shape index (κ2) is 4.93. The highest BCUT2D eigenvalue weighted by molar-refractivity contribution is 5.60. The van der Waals surface area contributed by atoms with Gasteiger partial charge in [0.05, 0.1) is 16.8 Å². The molecule has 3 aromatic rings. The van der Waals surface area contributed by atoms with Crippen LogP contribution in [0.5, 0.6) is 0 Å². The van der Waals surface area contributed by atoms with Crippen LogP contribution in [-0.4, -0.2) is 19.9 Å². The predicted molar refractivity (Wildman–Crippen MR) is 73.4 cm³/mol. The Morgan fingerprint density at radius 1 is 1.00 bits per heavy atom. The number of benzene rings is 2. The Labute approximate surface area is 114 Å². The minimum atomic E-state index is -0.426. The molecule has 0 fully saturated rings. The van der Waals surface area contributed by atoms with Gasteiger partial charge in [0, 0.05) is 17.7 Å². The molecule has 98 valence electrons. The fraction of sp³-hybridized carbons (Fsp3) is 0. The third-order valence-corrected chi connectivity index (χ3v) is 2.89. The first-order chi connectivity index (χ1) is 9.74. The molecule has 1 heterocycles. The lowest BCUT2D eigenvalue weighted by molar-refractivity contribution is -0.384. The van der Waals surface area contributed by atoms with Crippen molar-refractivity contribution < 1.29 is 4.92 Å². The lowest BCUT2D eigenvalue weighted by Gasteiger charge is -1.97. The zero-order valence-electron chi connectivity index (χ0n) is 10.4. The van der Waals surface area contributed by atoms with Crippen molar-refractivity contribution >= 4 is 5.69 Å². The molecule has 0 radical (unpaired) electrons. The third-order valence-electron chi connectivity index (χ3n) is 2.89. The normalized spacial score (nSPS) is 10.4. The van der Waals surface area contributed by atoms with Crippen molar-refractivity contribution in [1.82, 2.24) is 15.0 Å². The summed E-state index contributed by atoms with van der Waals surface area (Å²) in [6, 6.07) is 15.9. The van der Waals surface area contributed by atoms with Crippen LogP contribution in [0.15, 0.2) is 60.8 Å². The minimum Gasteiger partial charge on any atom is -0.258 e. The molecule has 1 aromatic heterocycles. The van der Waals surface area contributed by atoms with Gasteiger partial charge in [0.25, 0.3) is 5.69 Å². The standard InChI is InChI=1S/C14H10N4O2/c19-18(20)13-8-6-11(7-9-13)14-10-17(16-15-14)12-4-2-1-3-5-12/h1-10H. The predicted octanol–water partition coefficient (Wildman–Crippen LogP) is 2.84. The first kappa shape index (κ1) is 12.0. The molecule has 0 aliphatic heterocycles. The van der Waals surface area contributed by atoms with Gasteiger partial charge in [-0.1, -0.05) is 23.4 Å². The lowest BCUT2D eigenvalue weighted by atomic mass is 10.1. The van der Waals surface area contributed by atoms with E-state index in [1.165, 1.54) is 12.1 Å². The van der Waals surface area contributed by atoms with Crippen LogP contribution in [0.1, 0.15) is 0 Å². The van der Waals surface area contributed by atoms with E-state index < -0.39 is 4.92 Å². The highest BCUT2D eigenvalue weighted by atomic mass is 16.6. The number of nitro groups is 1. The molecular formula is C14H10N4O2. The number of nitro benzene ring substituents is 1. The van der Waals surface area contributed by atoms with Crippen molar-refractivity contribution in [2.45, 2.75) is 0 Å². The first-order valence-electron chi connectivity index (χ1n) is 5.96. The second-order valence-electron chi connectivity index (χ2n) is 4.19. The van der Waals surface area contributed by atoms with Gasteiger partial charge < -0.3 is 0 Å². The lowest BCUT2D eigenvalue weighted by Crippen LogP contribution is -1.93. The van der Waals surface area contributed by atoms with E-state index in [2.05, 4.69) is 10.3 Å². The zero-order chi connectivity index (χ0) is 13.9.